The SMILES string of the molecule is CC1Cc2ccccc2N1C(=O)CN1C(=O)c2ccccc2N2C(=O)CCC12C. The lowest BCUT2D eigenvalue weighted by atomic mass is 9.98. The maximum Gasteiger partial charge on any atom is 0.258 e. The Balaban J connectivity index is 1.52. The van der Waals surface area contributed by atoms with Crippen LogP contribution in [0, 0.1) is 0 Å². The molecule has 2 aromatic rings. The molecule has 148 valence electrons. The van der Waals surface area contributed by atoms with E-state index in [-0.39, 0.29) is 30.3 Å². The summed E-state index contributed by atoms with van der Waals surface area (Å²) in [4.78, 5) is 44.5. The molecule has 2 atom stereocenters. The fraction of sp³-hybridized carbons (Fsp3) is 0.348. The second-order valence-corrected chi connectivity index (χ2v) is 8.30. The van der Waals surface area contributed by atoms with Gasteiger partial charge in [0.05, 0.1) is 11.3 Å². The number of hydrogen-bond donors (Lipinski definition) is 0. The van der Waals surface area contributed by atoms with Crippen LogP contribution in [-0.4, -0.2) is 40.9 Å². The minimum absolute atomic E-state index is 0.00946. The van der Waals surface area contributed by atoms with Crippen molar-refractivity contribution in [2.75, 3.05) is 16.3 Å². The molecule has 5 rings (SSSR count). The average Bonchev–Trinajstić information content (AvgIpc) is 3.21. The summed E-state index contributed by atoms with van der Waals surface area (Å²) in [6.45, 7) is 3.87. The van der Waals surface area contributed by atoms with E-state index in [4.69, 9.17) is 0 Å². The molecule has 0 radical (unpaired) electrons. The van der Waals surface area contributed by atoms with E-state index in [9.17, 15) is 14.4 Å². The van der Waals surface area contributed by atoms with Crippen molar-refractivity contribution in [1.29, 1.82) is 0 Å². The minimum Gasteiger partial charge on any atom is -0.307 e. The van der Waals surface area contributed by atoms with Crippen molar-refractivity contribution in [3.8, 4) is 0 Å². The van der Waals surface area contributed by atoms with Crippen LogP contribution in [0.5, 0.6) is 0 Å². The normalized spacial score (nSPS) is 25.2. The van der Waals surface area contributed by atoms with Gasteiger partial charge in [-0.25, -0.2) is 0 Å². The Hall–Kier alpha value is -3.15. The van der Waals surface area contributed by atoms with Gasteiger partial charge in [-0.2, -0.15) is 0 Å². The van der Waals surface area contributed by atoms with Gasteiger partial charge in [-0.05, 0) is 50.5 Å². The molecule has 3 amide bonds. The molecule has 1 fully saturated rings. The maximum absolute atomic E-state index is 13.4. The van der Waals surface area contributed by atoms with Gasteiger partial charge in [-0.1, -0.05) is 30.3 Å². The lowest BCUT2D eigenvalue weighted by Gasteiger charge is -2.48. The first-order valence-corrected chi connectivity index (χ1v) is 10.1. The van der Waals surface area contributed by atoms with Crippen LogP contribution in [0.1, 0.15) is 42.6 Å². The molecule has 0 saturated carbocycles. The first kappa shape index (κ1) is 17.9. The fourth-order valence-corrected chi connectivity index (χ4v) is 5.10. The van der Waals surface area contributed by atoms with Crippen molar-refractivity contribution >= 4 is 29.1 Å². The molecule has 3 aliphatic rings. The van der Waals surface area contributed by atoms with E-state index in [0.717, 1.165) is 17.7 Å². The Kier molecular flexibility index (Phi) is 3.81. The van der Waals surface area contributed by atoms with Crippen LogP contribution in [0.4, 0.5) is 11.4 Å². The van der Waals surface area contributed by atoms with E-state index in [0.29, 0.717) is 24.1 Å². The van der Waals surface area contributed by atoms with Gasteiger partial charge >= 0.3 is 0 Å². The highest BCUT2D eigenvalue weighted by molar-refractivity contribution is 6.11. The number of carbonyl (C=O) groups excluding carboxylic acids is 3. The first-order chi connectivity index (χ1) is 13.9. The Morgan fingerprint density at radius 2 is 1.76 bits per heavy atom. The zero-order valence-corrected chi connectivity index (χ0v) is 16.6. The number of rotatable bonds is 2. The van der Waals surface area contributed by atoms with Gasteiger partial charge in [0, 0.05) is 18.2 Å². The Morgan fingerprint density at radius 1 is 1.07 bits per heavy atom. The van der Waals surface area contributed by atoms with Crippen molar-refractivity contribution in [1.82, 2.24) is 4.90 Å². The molecule has 2 aromatic carbocycles. The van der Waals surface area contributed by atoms with E-state index < -0.39 is 5.66 Å². The molecule has 29 heavy (non-hydrogen) atoms. The zero-order chi connectivity index (χ0) is 20.3. The molecule has 0 aliphatic carbocycles. The van der Waals surface area contributed by atoms with E-state index in [1.165, 1.54) is 0 Å². The molecule has 6 nitrogen and oxygen atoms in total. The Morgan fingerprint density at radius 3 is 2.55 bits per heavy atom. The fourth-order valence-electron chi connectivity index (χ4n) is 5.10. The van der Waals surface area contributed by atoms with E-state index in [1.807, 2.05) is 50.2 Å². The molecule has 6 heteroatoms. The number of amides is 3. The van der Waals surface area contributed by atoms with Gasteiger partial charge in [0.15, 0.2) is 0 Å². The van der Waals surface area contributed by atoms with Gasteiger partial charge in [0.1, 0.15) is 12.2 Å². The second-order valence-electron chi connectivity index (χ2n) is 8.30. The number of para-hydroxylation sites is 2. The molecule has 0 aromatic heterocycles. The zero-order valence-electron chi connectivity index (χ0n) is 16.6. The number of hydrogen-bond acceptors (Lipinski definition) is 3. The standard InChI is InChI=1S/C23H23N3O3/c1-15-13-16-7-3-5-9-18(16)25(15)21(28)14-24-22(29)17-8-4-6-10-19(17)26-20(27)11-12-23(24,26)2/h3-10,15H,11-14H2,1-2H3. The van der Waals surface area contributed by atoms with Gasteiger partial charge in [0.2, 0.25) is 11.8 Å². The van der Waals surface area contributed by atoms with Crippen molar-refractivity contribution in [2.45, 2.75) is 44.8 Å². The summed E-state index contributed by atoms with van der Waals surface area (Å²) >= 11 is 0. The summed E-state index contributed by atoms with van der Waals surface area (Å²) < 4.78 is 0. The molecule has 0 spiro atoms. The molecule has 2 unspecified atom stereocenters. The van der Waals surface area contributed by atoms with Crippen LogP contribution in [0.2, 0.25) is 0 Å². The van der Waals surface area contributed by atoms with Crippen LogP contribution in [-0.2, 0) is 16.0 Å². The Bertz CT molecular complexity index is 1050. The maximum atomic E-state index is 13.4. The summed E-state index contributed by atoms with van der Waals surface area (Å²) in [7, 11) is 0. The topological polar surface area (TPSA) is 60.9 Å². The number of benzene rings is 2. The highest BCUT2D eigenvalue weighted by Gasteiger charge is 2.53. The molecular weight excluding hydrogens is 366 g/mol. The monoisotopic (exact) mass is 389 g/mol. The molecule has 0 bridgehead atoms. The molecule has 3 aliphatic heterocycles. The van der Waals surface area contributed by atoms with E-state index in [1.54, 1.807) is 26.8 Å². The number of carbonyl (C=O) groups is 3. The lowest BCUT2D eigenvalue weighted by molar-refractivity contribution is -0.122. The third-order valence-electron chi connectivity index (χ3n) is 6.51. The van der Waals surface area contributed by atoms with Crippen LogP contribution in [0.25, 0.3) is 0 Å². The third kappa shape index (κ3) is 2.44. The third-order valence-corrected chi connectivity index (χ3v) is 6.51. The lowest BCUT2D eigenvalue weighted by Crippen LogP contribution is -2.64. The largest absolute Gasteiger partial charge is 0.307 e. The summed E-state index contributed by atoms with van der Waals surface area (Å²) in [6, 6.07) is 15.1. The van der Waals surface area contributed by atoms with Crippen molar-refractivity contribution in [3.63, 3.8) is 0 Å². The smallest absolute Gasteiger partial charge is 0.258 e. The average molecular weight is 389 g/mol. The van der Waals surface area contributed by atoms with E-state index in [2.05, 4.69) is 0 Å². The van der Waals surface area contributed by atoms with Gasteiger partial charge in [-0.3, -0.25) is 19.3 Å². The van der Waals surface area contributed by atoms with Crippen molar-refractivity contribution in [2.24, 2.45) is 0 Å². The van der Waals surface area contributed by atoms with Gasteiger partial charge in [0.25, 0.3) is 5.91 Å². The molecular formula is C23H23N3O3. The van der Waals surface area contributed by atoms with Crippen LogP contribution in [0.3, 0.4) is 0 Å². The highest BCUT2D eigenvalue weighted by Crippen LogP contribution is 2.44. The second kappa shape index (κ2) is 6.17. The predicted octanol–water partition coefficient (Wildman–Crippen LogP) is 2.96. The quantitative estimate of drug-likeness (QED) is 0.793. The molecule has 1 saturated heterocycles. The van der Waals surface area contributed by atoms with Crippen LogP contribution >= 0.6 is 0 Å². The predicted molar refractivity (Wildman–Crippen MR) is 110 cm³/mol. The molecule has 0 N–H and O–H groups in total. The first-order valence-electron chi connectivity index (χ1n) is 10.1. The van der Waals surface area contributed by atoms with Gasteiger partial charge in [-0.15, -0.1) is 0 Å². The Labute approximate surface area is 169 Å². The highest BCUT2D eigenvalue weighted by atomic mass is 16.2. The van der Waals surface area contributed by atoms with E-state index >= 15 is 0 Å². The van der Waals surface area contributed by atoms with Crippen molar-refractivity contribution < 1.29 is 14.4 Å². The molecule has 3 heterocycles. The summed E-state index contributed by atoms with van der Waals surface area (Å²) in [5, 5.41) is 0. The van der Waals surface area contributed by atoms with Crippen LogP contribution in [0.15, 0.2) is 48.5 Å². The summed E-state index contributed by atoms with van der Waals surface area (Å²) in [5.74, 6) is -0.317. The minimum atomic E-state index is -0.819. The number of nitrogens with zero attached hydrogens (tertiary/aromatic N) is 3. The van der Waals surface area contributed by atoms with Crippen LogP contribution < -0.4 is 9.80 Å². The van der Waals surface area contributed by atoms with Gasteiger partial charge < -0.3 is 9.80 Å². The van der Waals surface area contributed by atoms with Crippen molar-refractivity contribution in [3.05, 3.63) is 59.7 Å². The number of anilines is 2. The summed E-state index contributed by atoms with van der Waals surface area (Å²) in [6.07, 6.45) is 1.69. The number of fused-ring (bicyclic) bond motifs is 4. The summed E-state index contributed by atoms with van der Waals surface area (Å²) in [5.41, 5.74) is 2.36.